The highest BCUT2D eigenvalue weighted by Gasteiger charge is 2.26. The fourth-order valence-corrected chi connectivity index (χ4v) is 2.94. The van der Waals surface area contributed by atoms with Gasteiger partial charge in [0.1, 0.15) is 0 Å². The van der Waals surface area contributed by atoms with Crippen molar-refractivity contribution in [2.24, 2.45) is 5.92 Å². The Labute approximate surface area is 91.7 Å². The molecular formula is C11H13FN2S. The largest absolute Gasteiger partial charge is 0.349 e. The Balaban J connectivity index is 1.66. The first-order chi connectivity index (χ1) is 7.35. The topological polar surface area (TPSA) is 19.0 Å². The Kier molecular flexibility index (Phi) is 2.25. The Morgan fingerprint density at radius 2 is 2.40 bits per heavy atom. The summed E-state index contributed by atoms with van der Waals surface area (Å²) < 4.78 is 12.2. The fraction of sp³-hybridized carbons (Fsp3) is 0.455. The number of rotatable bonds is 3. The summed E-state index contributed by atoms with van der Waals surface area (Å²) in [5.41, 5.74) is 1.24. The molecule has 1 aliphatic rings. The summed E-state index contributed by atoms with van der Waals surface area (Å²) in [7, 11) is 0. The predicted molar refractivity (Wildman–Crippen MR) is 60.9 cm³/mol. The highest BCUT2D eigenvalue weighted by atomic mass is 32.1. The number of likely N-dealkylation sites (tertiary alicyclic amines) is 1. The molecule has 1 saturated heterocycles. The van der Waals surface area contributed by atoms with E-state index in [9.17, 15) is 4.39 Å². The van der Waals surface area contributed by atoms with Gasteiger partial charge in [0.15, 0.2) is 0 Å². The van der Waals surface area contributed by atoms with Gasteiger partial charge in [-0.15, -0.1) is 11.3 Å². The van der Waals surface area contributed by atoms with Crippen LogP contribution in [-0.2, 0) is 6.54 Å². The summed E-state index contributed by atoms with van der Waals surface area (Å²) in [6.07, 6.45) is 0. The molecule has 4 heteroatoms. The number of H-pyrrole nitrogens is 1. The number of nitrogens with zero attached hydrogens (tertiary/aromatic N) is 1. The Morgan fingerprint density at radius 3 is 3.13 bits per heavy atom. The van der Waals surface area contributed by atoms with Crippen LogP contribution in [-0.4, -0.2) is 29.6 Å². The van der Waals surface area contributed by atoms with E-state index >= 15 is 0 Å². The van der Waals surface area contributed by atoms with Crippen molar-refractivity contribution < 1.29 is 4.39 Å². The average molecular weight is 224 g/mol. The van der Waals surface area contributed by atoms with Crippen molar-refractivity contribution >= 4 is 21.6 Å². The SMILES string of the molecule is FCC1CN(Cc2cc3ccsc3[nH]2)C1. The zero-order valence-corrected chi connectivity index (χ0v) is 9.19. The lowest BCUT2D eigenvalue weighted by molar-refractivity contribution is 0.0728. The van der Waals surface area contributed by atoms with Crippen molar-refractivity contribution in [2.75, 3.05) is 19.8 Å². The molecule has 0 bridgehead atoms. The van der Waals surface area contributed by atoms with E-state index < -0.39 is 0 Å². The number of fused-ring (bicyclic) bond motifs is 1. The van der Waals surface area contributed by atoms with Crippen LogP contribution in [0, 0.1) is 5.92 Å². The number of hydrogen-bond donors (Lipinski definition) is 1. The van der Waals surface area contributed by atoms with Gasteiger partial charge < -0.3 is 4.98 Å². The first kappa shape index (κ1) is 9.36. The molecule has 2 aromatic rings. The number of halogens is 1. The van der Waals surface area contributed by atoms with E-state index in [-0.39, 0.29) is 12.6 Å². The maximum Gasteiger partial charge on any atom is 0.0999 e. The van der Waals surface area contributed by atoms with E-state index in [4.69, 9.17) is 0 Å². The number of alkyl halides is 1. The number of nitrogens with one attached hydrogen (secondary N) is 1. The van der Waals surface area contributed by atoms with Crippen LogP contribution in [0.25, 0.3) is 10.2 Å². The van der Waals surface area contributed by atoms with Gasteiger partial charge in [0.2, 0.25) is 0 Å². The summed E-state index contributed by atoms with van der Waals surface area (Å²) in [4.78, 5) is 6.91. The van der Waals surface area contributed by atoms with Crippen molar-refractivity contribution in [2.45, 2.75) is 6.54 Å². The van der Waals surface area contributed by atoms with Crippen molar-refractivity contribution in [3.63, 3.8) is 0 Å². The van der Waals surface area contributed by atoms with Crippen LogP contribution in [0.15, 0.2) is 17.5 Å². The summed E-state index contributed by atoms with van der Waals surface area (Å²) >= 11 is 1.73. The third kappa shape index (κ3) is 1.68. The van der Waals surface area contributed by atoms with E-state index in [1.54, 1.807) is 11.3 Å². The van der Waals surface area contributed by atoms with Crippen LogP contribution in [0.3, 0.4) is 0 Å². The summed E-state index contributed by atoms with van der Waals surface area (Å²) in [5, 5.41) is 3.38. The number of aromatic amines is 1. The lowest BCUT2D eigenvalue weighted by Crippen LogP contribution is -2.46. The summed E-state index contributed by atoms with van der Waals surface area (Å²) in [6.45, 7) is 2.57. The molecule has 0 spiro atoms. The quantitative estimate of drug-likeness (QED) is 0.849. The molecule has 1 fully saturated rings. The van der Waals surface area contributed by atoms with Crippen molar-refractivity contribution in [3.8, 4) is 0 Å². The monoisotopic (exact) mass is 224 g/mol. The molecule has 2 aromatic heterocycles. The predicted octanol–water partition coefficient (Wildman–Crippen LogP) is 2.63. The van der Waals surface area contributed by atoms with E-state index in [0.717, 1.165) is 19.6 Å². The zero-order valence-electron chi connectivity index (χ0n) is 8.37. The van der Waals surface area contributed by atoms with Gasteiger partial charge in [-0.3, -0.25) is 9.29 Å². The van der Waals surface area contributed by atoms with Crippen LogP contribution in [0.1, 0.15) is 5.69 Å². The molecule has 0 aromatic carbocycles. The van der Waals surface area contributed by atoms with Gasteiger partial charge >= 0.3 is 0 Å². The third-order valence-corrected chi connectivity index (χ3v) is 3.79. The molecule has 2 nitrogen and oxygen atoms in total. The van der Waals surface area contributed by atoms with Gasteiger partial charge in [0.25, 0.3) is 0 Å². The van der Waals surface area contributed by atoms with Crippen LogP contribution >= 0.6 is 11.3 Å². The Bertz CT molecular complexity index is 427. The van der Waals surface area contributed by atoms with Gasteiger partial charge in [-0.05, 0) is 17.5 Å². The molecule has 0 amide bonds. The molecule has 1 aliphatic heterocycles. The first-order valence-electron chi connectivity index (χ1n) is 5.18. The fourth-order valence-electron chi connectivity index (χ4n) is 2.13. The molecule has 1 N–H and O–H groups in total. The zero-order chi connectivity index (χ0) is 10.3. The molecule has 80 valence electrons. The maximum absolute atomic E-state index is 12.2. The molecule has 0 atom stereocenters. The average Bonchev–Trinajstić information content (AvgIpc) is 2.69. The van der Waals surface area contributed by atoms with Gasteiger partial charge in [0, 0.05) is 36.6 Å². The van der Waals surface area contributed by atoms with Gasteiger partial charge in [-0.25, -0.2) is 0 Å². The molecule has 15 heavy (non-hydrogen) atoms. The Hall–Kier alpha value is -0.870. The number of aromatic nitrogens is 1. The van der Waals surface area contributed by atoms with Gasteiger partial charge in [0.05, 0.1) is 11.5 Å². The summed E-state index contributed by atoms with van der Waals surface area (Å²) in [5.74, 6) is 0.279. The number of thiophene rings is 1. The molecule has 3 heterocycles. The third-order valence-electron chi connectivity index (χ3n) is 2.94. The Morgan fingerprint density at radius 1 is 1.53 bits per heavy atom. The van der Waals surface area contributed by atoms with Gasteiger partial charge in [-0.1, -0.05) is 0 Å². The second-order valence-corrected chi connectivity index (χ2v) is 5.13. The molecule has 0 unspecified atom stereocenters. The number of hydrogen-bond acceptors (Lipinski definition) is 2. The van der Waals surface area contributed by atoms with Crippen LogP contribution in [0.5, 0.6) is 0 Å². The first-order valence-corrected chi connectivity index (χ1v) is 6.06. The van der Waals surface area contributed by atoms with E-state index in [0.29, 0.717) is 0 Å². The van der Waals surface area contributed by atoms with Crippen molar-refractivity contribution in [3.05, 3.63) is 23.2 Å². The van der Waals surface area contributed by atoms with E-state index in [1.165, 1.54) is 15.9 Å². The van der Waals surface area contributed by atoms with Crippen LogP contribution in [0.2, 0.25) is 0 Å². The van der Waals surface area contributed by atoms with Crippen LogP contribution in [0.4, 0.5) is 4.39 Å². The second kappa shape index (κ2) is 3.61. The lowest BCUT2D eigenvalue weighted by Gasteiger charge is -2.37. The van der Waals surface area contributed by atoms with E-state index in [1.807, 2.05) is 0 Å². The molecule has 0 aliphatic carbocycles. The molecule has 3 rings (SSSR count). The minimum Gasteiger partial charge on any atom is -0.349 e. The highest BCUT2D eigenvalue weighted by molar-refractivity contribution is 7.16. The minimum atomic E-state index is -0.170. The van der Waals surface area contributed by atoms with Crippen molar-refractivity contribution in [1.29, 1.82) is 0 Å². The second-order valence-electron chi connectivity index (χ2n) is 4.21. The standard InChI is InChI=1S/C11H13FN2S/c12-4-8-5-14(6-8)7-10-3-9-1-2-15-11(9)13-10/h1-3,8,13H,4-7H2. The van der Waals surface area contributed by atoms with E-state index in [2.05, 4.69) is 27.4 Å². The van der Waals surface area contributed by atoms with Crippen molar-refractivity contribution in [1.82, 2.24) is 9.88 Å². The minimum absolute atomic E-state index is 0.170. The molecule has 0 radical (unpaired) electrons. The van der Waals surface area contributed by atoms with Gasteiger partial charge in [-0.2, -0.15) is 0 Å². The highest BCUT2D eigenvalue weighted by Crippen LogP contribution is 2.24. The smallest absolute Gasteiger partial charge is 0.0999 e. The molecule has 0 saturated carbocycles. The van der Waals surface area contributed by atoms with Crippen LogP contribution < -0.4 is 0 Å². The maximum atomic E-state index is 12.2. The lowest BCUT2D eigenvalue weighted by atomic mass is 10.0. The molecular weight excluding hydrogens is 211 g/mol. The normalized spacial score (nSPS) is 18.5. The summed E-state index contributed by atoms with van der Waals surface area (Å²) in [6, 6.07) is 4.31.